The molecule has 2 rings (SSSR count). The zero-order valence-corrected chi connectivity index (χ0v) is 18.2. The molecule has 0 radical (unpaired) electrons. The first-order valence-corrected chi connectivity index (χ1v) is 9.36. The molecule has 33 heavy (non-hydrogen) atoms. The fourth-order valence-corrected chi connectivity index (χ4v) is 2.78. The van der Waals surface area contributed by atoms with Crippen molar-refractivity contribution in [3.8, 4) is 11.5 Å². The number of ether oxygens (including phenoxy) is 2. The summed E-state index contributed by atoms with van der Waals surface area (Å²) in [7, 11) is 0. The first kappa shape index (κ1) is 28.1. The van der Waals surface area contributed by atoms with Crippen molar-refractivity contribution in [1.29, 1.82) is 0 Å². The van der Waals surface area contributed by atoms with Crippen LogP contribution in [0.3, 0.4) is 0 Å². The second kappa shape index (κ2) is 12.3. The second-order valence-corrected chi connectivity index (χ2v) is 6.89. The van der Waals surface area contributed by atoms with Gasteiger partial charge in [0.05, 0.1) is 19.9 Å². The van der Waals surface area contributed by atoms with Crippen molar-refractivity contribution < 1.29 is 36.9 Å². The molecule has 0 saturated carbocycles. The van der Waals surface area contributed by atoms with E-state index in [0.29, 0.717) is 0 Å². The number of halogens is 7. The molecule has 0 aliphatic rings. The van der Waals surface area contributed by atoms with Gasteiger partial charge in [-0.3, -0.25) is 20.2 Å². The molecule has 0 spiro atoms. The molecule has 182 valence electrons. The fourth-order valence-electron chi connectivity index (χ4n) is 2.01. The van der Waals surface area contributed by atoms with E-state index >= 15 is 0 Å². The van der Waals surface area contributed by atoms with Crippen LogP contribution >= 0.6 is 34.8 Å². The Morgan fingerprint density at radius 3 is 1.82 bits per heavy atom. The number of nitrogens with two attached hydrogens (primary N) is 2. The number of benzene rings is 2. The Morgan fingerprint density at radius 1 is 0.848 bits per heavy atom. The van der Waals surface area contributed by atoms with Crippen molar-refractivity contribution >= 4 is 57.6 Å². The lowest BCUT2D eigenvalue weighted by molar-refractivity contribution is -0.384. The summed E-state index contributed by atoms with van der Waals surface area (Å²) in [4.78, 5) is 19.5. The average molecular weight is 540 g/mol. The van der Waals surface area contributed by atoms with Crippen LogP contribution in [0, 0.1) is 20.2 Å². The van der Waals surface area contributed by atoms with Gasteiger partial charge >= 0.3 is 0 Å². The van der Waals surface area contributed by atoms with E-state index in [1.807, 2.05) is 0 Å². The van der Waals surface area contributed by atoms with Crippen molar-refractivity contribution in [2.24, 2.45) is 0 Å². The first-order chi connectivity index (χ1) is 15.3. The van der Waals surface area contributed by atoms with E-state index in [-0.39, 0.29) is 37.9 Å². The zero-order chi connectivity index (χ0) is 25.5. The lowest BCUT2D eigenvalue weighted by Crippen LogP contribution is -2.08. The minimum atomic E-state index is -2.72. The number of alkyl halides is 4. The van der Waals surface area contributed by atoms with E-state index in [1.165, 1.54) is 0 Å². The minimum absolute atomic E-state index is 0.106. The van der Waals surface area contributed by atoms with Crippen LogP contribution < -0.4 is 20.9 Å². The quantitative estimate of drug-likeness (QED) is 0.190. The first-order valence-electron chi connectivity index (χ1n) is 8.23. The van der Waals surface area contributed by atoms with Crippen LogP contribution in [-0.4, -0.2) is 35.9 Å². The zero-order valence-electron chi connectivity index (χ0n) is 15.9. The van der Waals surface area contributed by atoms with Gasteiger partial charge in [0.2, 0.25) is 0 Å². The van der Waals surface area contributed by atoms with Crippen molar-refractivity contribution in [3.63, 3.8) is 0 Å². The van der Waals surface area contributed by atoms with Gasteiger partial charge in [0.15, 0.2) is 5.75 Å². The van der Waals surface area contributed by atoms with Gasteiger partial charge in [-0.25, -0.2) is 17.6 Å². The van der Waals surface area contributed by atoms with Crippen LogP contribution in [0.5, 0.6) is 11.5 Å². The third kappa shape index (κ3) is 8.14. The van der Waals surface area contributed by atoms with E-state index in [0.717, 1.165) is 18.2 Å². The fraction of sp³-hybridized carbons (Fsp3) is 0.250. The molecule has 0 unspecified atom stereocenters. The molecule has 0 heterocycles. The average Bonchev–Trinajstić information content (AvgIpc) is 2.70. The molecule has 10 nitrogen and oxygen atoms in total. The van der Waals surface area contributed by atoms with Crippen LogP contribution in [0.15, 0.2) is 18.2 Å². The molecular formula is C16H13Cl3F4N4O6. The highest BCUT2D eigenvalue weighted by molar-refractivity contribution is 6.39. The Morgan fingerprint density at radius 2 is 1.33 bits per heavy atom. The molecule has 0 bridgehead atoms. The normalized spacial score (nSPS) is 10.6. The van der Waals surface area contributed by atoms with Gasteiger partial charge in [0, 0.05) is 18.2 Å². The maximum atomic E-state index is 11.9. The number of nitro benzene ring substituents is 2. The van der Waals surface area contributed by atoms with Crippen LogP contribution in [0.25, 0.3) is 0 Å². The van der Waals surface area contributed by atoms with E-state index < -0.39 is 47.3 Å². The van der Waals surface area contributed by atoms with Crippen molar-refractivity contribution in [3.05, 3.63) is 53.5 Å². The predicted octanol–water partition coefficient (Wildman–Crippen LogP) is 5.60. The summed E-state index contributed by atoms with van der Waals surface area (Å²) < 4.78 is 56.8. The van der Waals surface area contributed by atoms with E-state index in [4.69, 9.17) is 46.3 Å². The Balaban J connectivity index is 0.000000331. The Kier molecular flexibility index (Phi) is 10.5. The lowest BCUT2D eigenvalue weighted by atomic mass is 10.2. The van der Waals surface area contributed by atoms with Gasteiger partial charge in [-0.15, -0.1) is 0 Å². The second-order valence-electron chi connectivity index (χ2n) is 5.69. The Hall–Kier alpha value is -2.97. The number of hydrogen-bond donors (Lipinski definition) is 2. The molecule has 4 N–H and O–H groups in total. The Bertz CT molecular complexity index is 1030. The van der Waals surface area contributed by atoms with Gasteiger partial charge in [0.25, 0.3) is 24.2 Å². The molecule has 0 aliphatic heterocycles. The summed E-state index contributed by atoms with van der Waals surface area (Å²) in [5.74, 6) is -0.401. The maximum absolute atomic E-state index is 11.9. The van der Waals surface area contributed by atoms with Gasteiger partial charge in [-0.05, 0) is 0 Å². The number of hydrogen-bond acceptors (Lipinski definition) is 8. The summed E-state index contributed by atoms with van der Waals surface area (Å²) >= 11 is 16.9. The lowest BCUT2D eigenvalue weighted by Gasteiger charge is -2.11. The topological polar surface area (TPSA) is 157 Å². The summed E-state index contributed by atoms with van der Waals surface area (Å²) in [6, 6.07) is 2.89. The van der Waals surface area contributed by atoms with E-state index in [1.54, 1.807) is 0 Å². The summed E-state index contributed by atoms with van der Waals surface area (Å²) in [5.41, 5.74) is 9.21. The third-order valence-corrected chi connectivity index (χ3v) is 4.34. The molecule has 0 amide bonds. The van der Waals surface area contributed by atoms with Crippen molar-refractivity contribution in [1.82, 2.24) is 0 Å². The summed E-state index contributed by atoms with van der Waals surface area (Å²) in [5, 5.41) is 20.3. The maximum Gasteiger partial charge on any atom is 0.295 e. The highest BCUT2D eigenvalue weighted by Gasteiger charge is 2.23. The number of nitrogens with zero attached hydrogens (tertiary/aromatic N) is 2. The van der Waals surface area contributed by atoms with Gasteiger partial charge in [0.1, 0.15) is 35.4 Å². The van der Waals surface area contributed by atoms with Gasteiger partial charge in [-0.1, -0.05) is 34.8 Å². The molecule has 0 fully saturated rings. The molecule has 0 aliphatic carbocycles. The predicted molar refractivity (Wildman–Crippen MR) is 113 cm³/mol. The van der Waals surface area contributed by atoms with Crippen LogP contribution in [0.2, 0.25) is 15.1 Å². The number of nitro groups is 2. The molecule has 2 aromatic carbocycles. The van der Waals surface area contributed by atoms with Crippen LogP contribution in [0.1, 0.15) is 0 Å². The molecule has 0 saturated heterocycles. The highest BCUT2D eigenvalue weighted by Crippen LogP contribution is 2.42. The van der Waals surface area contributed by atoms with Gasteiger partial charge in [-0.2, -0.15) is 0 Å². The number of anilines is 2. The van der Waals surface area contributed by atoms with Gasteiger partial charge < -0.3 is 20.9 Å². The summed E-state index contributed by atoms with van der Waals surface area (Å²) in [6.45, 7) is -1.78. The SMILES string of the molecule is Nc1c([N+](=O)[O-])cc(Cl)c(OCC(F)F)c1Cl.Nc1cc(OCC(F)F)c(Cl)cc1[N+](=O)[O-]. The number of nitrogen functional groups attached to an aromatic ring is 2. The monoisotopic (exact) mass is 538 g/mol. The molecule has 17 heteroatoms. The number of rotatable bonds is 8. The molecular weight excluding hydrogens is 527 g/mol. The largest absolute Gasteiger partial charge is 0.486 e. The third-order valence-electron chi connectivity index (χ3n) is 3.39. The van der Waals surface area contributed by atoms with E-state index in [2.05, 4.69) is 9.47 Å². The molecule has 0 atom stereocenters. The highest BCUT2D eigenvalue weighted by atomic mass is 35.5. The smallest absolute Gasteiger partial charge is 0.295 e. The molecule has 0 aromatic heterocycles. The Labute approximate surface area is 197 Å². The van der Waals surface area contributed by atoms with Crippen molar-refractivity contribution in [2.75, 3.05) is 24.7 Å². The summed E-state index contributed by atoms with van der Waals surface area (Å²) in [6.07, 6.45) is -5.38. The van der Waals surface area contributed by atoms with E-state index in [9.17, 15) is 37.8 Å². The van der Waals surface area contributed by atoms with Crippen LogP contribution in [0.4, 0.5) is 40.3 Å². The minimum Gasteiger partial charge on any atom is -0.486 e. The standard InChI is InChI=1S/C8H6Cl2F2N2O3.C8H7ClF2N2O3/c9-3-1-4(14(15)16)7(13)6(10)8(3)17-2-5(11)12;9-4-1-6(13(14)15)5(12)2-7(4)16-3-8(10)11/h1,5H,2,13H2;1-2,8H,3,12H2. The van der Waals surface area contributed by atoms with Crippen molar-refractivity contribution in [2.45, 2.75) is 12.9 Å². The van der Waals surface area contributed by atoms with Crippen LogP contribution in [-0.2, 0) is 0 Å². The molecule has 2 aromatic rings.